The van der Waals surface area contributed by atoms with Gasteiger partial charge in [0.1, 0.15) is 5.01 Å². The Morgan fingerprint density at radius 3 is 2.50 bits per heavy atom. The molecule has 3 rings (SSSR count). The zero-order valence-corrected chi connectivity index (χ0v) is 16.9. The van der Waals surface area contributed by atoms with E-state index in [1.165, 1.54) is 16.2 Å². The molecule has 0 aliphatic rings. The van der Waals surface area contributed by atoms with E-state index in [9.17, 15) is 4.79 Å². The van der Waals surface area contributed by atoms with Crippen LogP contribution < -0.4 is 5.32 Å². The van der Waals surface area contributed by atoms with Crippen LogP contribution >= 0.6 is 46.5 Å². The van der Waals surface area contributed by atoms with Crippen molar-refractivity contribution in [1.82, 2.24) is 10.2 Å². The molecular weight excluding hydrogens is 406 g/mol. The maximum absolute atomic E-state index is 12.0. The number of nitrogens with one attached hydrogen (secondary N) is 1. The third-order valence-electron chi connectivity index (χ3n) is 3.23. The number of hydrogen-bond donors (Lipinski definition) is 1. The number of hydrogen-bond acceptors (Lipinski definition) is 6. The lowest BCUT2D eigenvalue weighted by Gasteiger charge is -2.02. The van der Waals surface area contributed by atoms with Crippen molar-refractivity contribution < 1.29 is 4.79 Å². The Balaban J connectivity index is 1.40. The van der Waals surface area contributed by atoms with Gasteiger partial charge in [-0.05, 0) is 36.4 Å². The summed E-state index contributed by atoms with van der Waals surface area (Å²) in [5.41, 5.74) is 0. The van der Waals surface area contributed by atoms with Crippen LogP contribution in [0.2, 0.25) is 5.02 Å². The molecule has 2 aromatic carbocycles. The van der Waals surface area contributed by atoms with E-state index in [0.717, 1.165) is 15.7 Å². The van der Waals surface area contributed by atoms with Crippen LogP contribution in [0.3, 0.4) is 0 Å². The van der Waals surface area contributed by atoms with Crippen molar-refractivity contribution in [3.63, 3.8) is 0 Å². The number of aromatic nitrogens is 2. The van der Waals surface area contributed by atoms with E-state index in [1.807, 2.05) is 42.5 Å². The molecule has 0 unspecified atom stereocenters. The number of amides is 1. The third-order valence-corrected chi connectivity index (χ3v) is 6.54. The molecule has 0 spiro atoms. The van der Waals surface area contributed by atoms with E-state index in [2.05, 4.69) is 27.6 Å². The number of rotatable bonds is 8. The van der Waals surface area contributed by atoms with Crippen LogP contribution in [0, 0.1) is 0 Å². The maximum atomic E-state index is 12.0. The number of thioether (sulfide) groups is 2. The minimum atomic E-state index is -0.0510. The standard InChI is InChI=1S/C18H16ClN3OS3/c19-13-6-8-15(9-7-13)24-11-10-16(23)20-18-22-21-17(26-18)12-25-14-4-2-1-3-5-14/h1-9H,10-12H2,(H,20,22,23). The fourth-order valence-electron chi connectivity index (χ4n) is 2.00. The molecule has 0 fully saturated rings. The molecule has 0 radical (unpaired) electrons. The molecule has 0 saturated heterocycles. The lowest BCUT2D eigenvalue weighted by molar-refractivity contribution is -0.115. The number of anilines is 1. The van der Waals surface area contributed by atoms with E-state index < -0.39 is 0 Å². The number of nitrogens with zero attached hydrogens (tertiary/aromatic N) is 2. The highest BCUT2D eigenvalue weighted by Gasteiger charge is 2.09. The molecule has 1 N–H and O–H groups in total. The molecule has 0 atom stereocenters. The summed E-state index contributed by atoms with van der Waals surface area (Å²) in [7, 11) is 0. The van der Waals surface area contributed by atoms with Crippen LogP contribution in [0.1, 0.15) is 11.4 Å². The van der Waals surface area contributed by atoms with Gasteiger partial charge >= 0.3 is 0 Å². The SMILES string of the molecule is O=C(CCSc1ccc(Cl)cc1)Nc1nnc(CSc2ccccc2)s1. The monoisotopic (exact) mass is 421 g/mol. The highest BCUT2D eigenvalue weighted by atomic mass is 35.5. The number of carbonyl (C=O) groups is 1. The molecule has 3 aromatic rings. The Hall–Kier alpha value is -1.54. The minimum Gasteiger partial charge on any atom is -0.301 e. The molecule has 0 bridgehead atoms. The Morgan fingerprint density at radius 2 is 1.73 bits per heavy atom. The van der Waals surface area contributed by atoms with E-state index in [1.54, 1.807) is 23.5 Å². The third kappa shape index (κ3) is 6.32. The fourth-order valence-corrected chi connectivity index (χ4v) is 4.64. The van der Waals surface area contributed by atoms with Gasteiger partial charge < -0.3 is 5.32 Å². The van der Waals surface area contributed by atoms with Gasteiger partial charge in [0.2, 0.25) is 11.0 Å². The fraction of sp³-hybridized carbons (Fsp3) is 0.167. The molecule has 0 aliphatic carbocycles. The van der Waals surface area contributed by atoms with E-state index in [4.69, 9.17) is 11.6 Å². The van der Waals surface area contributed by atoms with Crippen molar-refractivity contribution in [3.05, 3.63) is 64.6 Å². The first-order valence-corrected chi connectivity index (χ1v) is 11.0. The molecule has 1 amide bonds. The first-order chi connectivity index (χ1) is 12.7. The van der Waals surface area contributed by atoms with Crippen LogP contribution in [-0.4, -0.2) is 21.9 Å². The first-order valence-electron chi connectivity index (χ1n) is 7.87. The molecule has 1 heterocycles. The van der Waals surface area contributed by atoms with Crippen molar-refractivity contribution in [2.24, 2.45) is 0 Å². The predicted molar refractivity (Wildman–Crippen MR) is 111 cm³/mol. The van der Waals surface area contributed by atoms with Gasteiger partial charge in [-0.25, -0.2) is 0 Å². The van der Waals surface area contributed by atoms with Gasteiger partial charge in [0, 0.05) is 27.0 Å². The van der Waals surface area contributed by atoms with Crippen molar-refractivity contribution >= 4 is 57.5 Å². The number of halogens is 1. The molecule has 1 aromatic heterocycles. The highest BCUT2D eigenvalue weighted by molar-refractivity contribution is 7.99. The topological polar surface area (TPSA) is 54.9 Å². The summed E-state index contributed by atoms with van der Waals surface area (Å²) >= 11 is 10.6. The van der Waals surface area contributed by atoms with Crippen molar-refractivity contribution in [2.45, 2.75) is 22.0 Å². The Morgan fingerprint density at radius 1 is 1.00 bits per heavy atom. The van der Waals surface area contributed by atoms with Gasteiger partial charge in [-0.2, -0.15) is 0 Å². The summed E-state index contributed by atoms with van der Waals surface area (Å²) in [5, 5.41) is 13.2. The summed E-state index contributed by atoms with van der Waals surface area (Å²) in [6.07, 6.45) is 0.418. The highest BCUT2D eigenvalue weighted by Crippen LogP contribution is 2.26. The second-order valence-electron chi connectivity index (χ2n) is 5.20. The van der Waals surface area contributed by atoms with E-state index in [0.29, 0.717) is 22.3 Å². The molecule has 0 aliphatic heterocycles. The van der Waals surface area contributed by atoms with Gasteiger partial charge in [0.15, 0.2) is 0 Å². The van der Waals surface area contributed by atoms with Gasteiger partial charge in [0.25, 0.3) is 0 Å². The summed E-state index contributed by atoms with van der Waals surface area (Å²) in [6.45, 7) is 0. The first kappa shape index (κ1) is 19.2. The summed E-state index contributed by atoms with van der Waals surface area (Å²) in [4.78, 5) is 14.3. The van der Waals surface area contributed by atoms with Crippen molar-refractivity contribution in [1.29, 1.82) is 0 Å². The van der Waals surface area contributed by atoms with Crippen LogP contribution in [0.4, 0.5) is 5.13 Å². The Kier molecular flexibility index (Phi) is 7.37. The number of benzene rings is 2. The zero-order chi connectivity index (χ0) is 18.2. The van der Waals surface area contributed by atoms with E-state index >= 15 is 0 Å². The second kappa shape index (κ2) is 9.97. The lowest BCUT2D eigenvalue weighted by atomic mass is 10.4. The van der Waals surface area contributed by atoms with Crippen LogP contribution in [0.15, 0.2) is 64.4 Å². The summed E-state index contributed by atoms with van der Waals surface area (Å²) in [6, 6.07) is 17.7. The predicted octanol–water partition coefficient (Wildman–Crippen LogP) is 5.60. The van der Waals surface area contributed by atoms with E-state index in [-0.39, 0.29) is 5.91 Å². The smallest absolute Gasteiger partial charge is 0.227 e. The molecule has 134 valence electrons. The lowest BCUT2D eigenvalue weighted by Crippen LogP contribution is -2.11. The van der Waals surface area contributed by atoms with Crippen LogP contribution in [-0.2, 0) is 10.5 Å². The molecule has 8 heteroatoms. The molecule has 4 nitrogen and oxygen atoms in total. The Labute approximate surface area is 169 Å². The quantitative estimate of drug-likeness (QED) is 0.479. The normalized spacial score (nSPS) is 10.7. The Bertz CT molecular complexity index is 840. The van der Waals surface area contributed by atoms with Crippen molar-refractivity contribution in [2.75, 3.05) is 11.1 Å². The zero-order valence-electron chi connectivity index (χ0n) is 13.7. The second-order valence-corrected chi connectivity index (χ2v) is 8.92. The summed E-state index contributed by atoms with van der Waals surface area (Å²) < 4.78 is 0. The van der Waals surface area contributed by atoms with Crippen LogP contribution in [0.25, 0.3) is 0 Å². The minimum absolute atomic E-state index is 0.0510. The number of carbonyl (C=O) groups excluding carboxylic acids is 1. The average Bonchev–Trinajstić information content (AvgIpc) is 3.10. The average molecular weight is 422 g/mol. The molecule has 26 heavy (non-hydrogen) atoms. The van der Waals surface area contributed by atoms with Gasteiger partial charge in [0.05, 0.1) is 5.75 Å². The van der Waals surface area contributed by atoms with Gasteiger partial charge in [-0.3, -0.25) is 4.79 Å². The van der Waals surface area contributed by atoms with Crippen LogP contribution in [0.5, 0.6) is 0 Å². The largest absolute Gasteiger partial charge is 0.301 e. The maximum Gasteiger partial charge on any atom is 0.227 e. The summed E-state index contributed by atoms with van der Waals surface area (Å²) in [5.74, 6) is 1.39. The van der Waals surface area contributed by atoms with Gasteiger partial charge in [-0.15, -0.1) is 33.7 Å². The van der Waals surface area contributed by atoms with Crippen molar-refractivity contribution in [3.8, 4) is 0 Å². The molecular formula is C18H16ClN3OS3. The van der Waals surface area contributed by atoms with Gasteiger partial charge in [-0.1, -0.05) is 41.1 Å². The molecule has 0 saturated carbocycles.